The number of fused-ring (bicyclic) bond motifs is 1. The number of nitrogens with one attached hydrogen (secondary N) is 1. The third-order valence-corrected chi connectivity index (χ3v) is 4.46. The fourth-order valence-corrected chi connectivity index (χ4v) is 3.19. The first-order chi connectivity index (χ1) is 9.56. The van der Waals surface area contributed by atoms with E-state index in [1.807, 2.05) is 0 Å². The topological polar surface area (TPSA) is 58.6 Å². The molecule has 0 aliphatic carbocycles. The van der Waals surface area contributed by atoms with Crippen molar-refractivity contribution in [3.63, 3.8) is 0 Å². The van der Waals surface area contributed by atoms with Gasteiger partial charge in [0.05, 0.1) is 11.5 Å². The van der Waals surface area contributed by atoms with Crippen LogP contribution in [0.15, 0.2) is 24.3 Å². The molecule has 1 fully saturated rings. The minimum absolute atomic E-state index is 0.161. The minimum Gasteiger partial charge on any atom is -0.386 e. The highest BCUT2D eigenvalue weighted by molar-refractivity contribution is 7.20. The van der Waals surface area contributed by atoms with E-state index in [-0.39, 0.29) is 24.9 Å². The third kappa shape index (κ3) is 2.67. The second-order valence-electron chi connectivity index (χ2n) is 5.00. The highest BCUT2D eigenvalue weighted by Crippen LogP contribution is 2.26. The van der Waals surface area contributed by atoms with E-state index in [0.29, 0.717) is 17.9 Å². The highest BCUT2D eigenvalue weighted by atomic mass is 32.1. The molecule has 1 amide bonds. The Balaban J connectivity index is 1.72. The molecule has 2 heterocycles. The largest absolute Gasteiger partial charge is 0.386 e. The zero-order valence-corrected chi connectivity index (χ0v) is 11.5. The van der Waals surface area contributed by atoms with Gasteiger partial charge in [0.15, 0.2) is 0 Å². The monoisotopic (exact) mass is 295 g/mol. The molecule has 0 saturated carbocycles. The lowest BCUT2D eigenvalue weighted by Crippen LogP contribution is -2.43. The Morgan fingerprint density at radius 3 is 3.10 bits per heavy atom. The molecule has 1 aliphatic heterocycles. The van der Waals surface area contributed by atoms with Gasteiger partial charge in [0, 0.05) is 24.3 Å². The van der Waals surface area contributed by atoms with Gasteiger partial charge in [0.1, 0.15) is 11.4 Å². The average molecular weight is 295 g/mol. The van der Waals surface area contributed by atoms with Crippen LogP contribution in [0.3, 0.4) is 0 Å². The molecule has 0 spiro atoms. The highest BCUT2D eigenvalue weighted by Gasteiger charge is 2.32. The minimum atomic E-state index is -0.974. The van der Waals surface area contributed by atoms with Crippen LogP contribution in [0.2, 0.25) is 0 Å². The fraction of sp³-hybridized carbons (Fsp3) is 0.357. The Bertz CT molecular complexity index is 649. The van der Waals surface area contributed by atoms with Gasteiger partial charge in [-0.25, -0.2) is 4.39 Å². The first-order valence-corrected chi connectivity index (χ1v) is 7.15. The smallest absolute Gasteiger partial charge is 0.261 e. The van der Waals surface area contributed by atoms with Crippen molar-refractivity contribution >= 4 is 27.3 Å². The summed E-state index contributed by atoms with van der Waals surface area (Å²) in [5.41, 5.74) is -0.974. The van der Waals surface area contributed by atoms with Gasteiger partial charge < -0.3 is 15.2 Å². The van der Waals surface area contributed by atoms with Gasteiger partial charge in [-0.15, -0.1) is 11.3 Å². The van der Waals surface area contributed by atoms with Gasteiger partial charge in [0.2, 0.25) is 0 Å². The number of hydrogen-bond donors (Lipinski definition) is 2. The molecule has 106 valence electrons. The molecule has 1 aromatic heterocycles. The number of rotatable bonds is 3. The summed E-state index contributed by atoms with van der Waals surface area (Å²) in [4.78, 5) is 12.6. The molecule has 1 aliphatic rings. The number of amides is 1. The van der Waals surface area contributed by atoms with Crippen LogP contribution in [0.4, 0.5) is 4.39 Å². The maximum Gasteiger partial charge on any atom is 0.261 e. The number of aliphatic hydroxyl groups is 1. The first kappa shape index (κ1) is 13.5. The van der Waals surface area contributed by atoms with E-state index < -0.39 is 5.60 Å². The summed E-state index contributed by atoms with van der Waals surface area (Å²) in [6.07, 6.45) is 0.519. The lowest BCUT2D eigenvalue weighted by Gasteiger charge is -2.20. The Kier molecular flexibility index (Phi) is 3.45. The molecule has 4 nitrogen and oxygen atoms in total. The first-order valence-electron chi connectivity index (χ1n) is 6.33. The summed E-state index contributed by atoms with van der Waals surface area (Å²) in [7, 11) is 0. The van der Waals surface area contributed by atoms with Crippen molar-refractivity contribution in [1.29, 1.82) is 0 Å². The van der Waals surface area contributed by atoms with Crippen LogP contribution < -0.4 is 5.32 Å². The zero-order valence-electron chi connectivity index (χ0n) is 10.7. The van der Waals surface area contributed by atoms with Crippen molar-refractivity contribution in [2.75, 3.05) is 19.8 Å². The molecule has 1 aromatic carbocycles. The van der Waals surface area contributed by atoms with Gasteiger partial charge in [-0.1, -0.05) is 6.07 Å². The van der Waals surface area contributed by atoms with E-state index >= 15 is 0 Å². The maximum atomic E-state index is 13.1. The molecule has 1 unspecified atom stereocenters. The molecular formula is C14H14FNO3S. The second-order valence-corrected chi connectivity index (χ2v) is 6.09. The summed E-state index contributed by atoms with van der Waals surface area (Å²) < 4.78 is 19.0. The Hall–Kier alpha value is -1.50. The van der Waals surface area contributed by atoms with Crippen molar-refractivity contribution in [3.05, 3.63) is 35.0 Å². The molecule has 1 atom stereocenters. The SMILES string of the molecule is O=C(NCC1(O)CCOC1)c1cc2ccc(F)cc2s1. The number of ether oxygens (including phenoxy) is 1. The van der Waals surface area contributed by atoms with Crippen LogP contribution >= 0.6 is 11.3 Å². The van der Waals surface area contributed by atoms with Crippen LogP contribution in [-0.4, -0.2) is 36.4 Å². The van der Waals surface area contributed by atoms with Gasteiger partial charge in [-0.2, -0.15) is 0 Å². The maximum absolute atomic E-state index is 13.1. The molecule has 6 heteroatoms. The number of carbonyl (C=O) groups excluding carboxylic acids is 1. The van der Waals surface area contributed by atoms with E-state index in [0.717, 1.165) is 10.1 Å². The predicted molar refractivity (Wildman–Crippen MR) is 74.5 cm³/mol. The predicted octanol–water partition coefficient (Wildman–Crippen LogP) is 1.92. The summed E-state index contributed by atoms with van der Waals surface area (Å²) in [6, 6.07) is 6.16. The second kappa shape index (κ2) is 5.12. The van der Waals surface area contributed by atoms with Gasteiger partial charge >= 0.3 is 0 Å². The number of hydrogen-bond acceptors (Lipinski definition) is 4. The summed E-state index contributed by atoms with van der Waals surface area (Å²) in [5, 5.41) is 13.6. The molecule has 0 bridgehead atoms. The summed E-state index contributed by atoms with van der Waals surface area (Å²) >= 11 is 1.24. The van der Waals surface area contributed by atoms with E-state index in [1.165, 1.54) is 23.5 Å². The lowest BCUT2D eigenvalue weighted by atomic mass is 10.0. The van der Waals surface area contributed by atoms with Crippen molar-refractivity contribution in [3.8, 4) is 0 Å². The summed E-state index contributed by atoms with van der Waals surface area (Å²) in [5.74, 6) is -0.573. The molecule has 2 N–H and O–H groups in total. The van der Waals surface area contributed by atoms with Gasteiger partial charge in [0.25, 0.3) is 5.91 Å². The fourth-order valence-electron chi connectivity index (χ4n) is 2.18. The number of thiophene rings is 1. The molecule has 2 aromatic rings. The Morgan fingerprint density at radius 1 is 1.50 bits per heavy atom. The molecule has 20 heavy (non-hydrogen) atoms. The Morgan fingerprint density at radius 2 is 2.35 bits per heavy atom. The number of benzene rings is 1. The standard InChI is InChI=1S/C14H14FNO3S/c15-10-2-1-9-5-12(20-11(9)6-10)13(17)16-7-14(18)3-4-19-8-14/h1-2,5-6,18H,3-4,7-8H2,(H,16,17). The lowest BCUT2D eigenvalue weighted by molar-refractivity contribution is 0.0265. The van der Waals surface area contributed by atoms with E-state index in [2.05, 4.69) is 5.32 Å². The van der Waals surface area contributed by atoms with Crippen molar-refractivity contribution in [2.24, 2.45) is 0 Å². The van der Waals surface area contributed by atoms with Crippen LogP contribution in [0.1, 0.15) is 16.1 Å². The van der Waals surface area contributed by atoms with Crippen LogP contribution in [0.25, 0.3) is 10.1 Å². The third-order valence-electron chi connectivity index (χ3n) is 3.37. The Labute approximate surface area is 119 Å². The quantitative estimate of drug-likeness (QED) is 0.909. The molecule has 1 saturated heterocycles. The van der Waals surface area contributed by atoms with Crippen LogP contribution in [0.5, 0.6) is 0 Å². The number of carbonyl (C=O) groups is 1. The van der Waals surface area contributed by atoms with Gasteiger partial charge in [-0.05, 0) is 23.6 Å². The summed E-state index contributed by atoms with van der Waals surface area (Å²) in [6.45, 7) is 0.911. The van der Waals surface area contributed by atoms with Crippen LogP contribution in [0, 0.1) is 5.82 Å². The molecular weight excluding hydrogens is 281 g/mol. The molecule has 3 rings (SSSR count). The zero-order chi connectivity index (χ0) is 14.2. The van der Waals surface area contributed by atoms with Crippen molar-refractivity contribution < 1.29 is 19.0 Å². The van der Waals surface area contributed by atoms with Gasteiger partial charge in [-0.3, -0.25) is 4.79 Å². The van der Waals surface area contributed by atoms with Crippen molar-refractivity contribution in [1.82, 2.24) is 5.32 Å². The van der Waals surface area contributed by atoms with E-state index in [1.54, 1.807) is 12.1 Å². The van der Waals surface area contributed by atoms with Crippen LogP contribution in [-0.2, 0) is 4.74 Å². The number of halogens is 1. The average Bonchev–Trinajstić information content (AvgIpc) is 3.02. The van der Waals surface area contributed by atoms with Crippen molar-refractivity contribution in [2.45, 2.75) is 12.0 Å². The normalized spacial score (nSPS) is 22.3. The molecule has 0 radical (unpaired) electrons. The van der Waals surface area contributed by atoms with E-state index in [9.17, 15) is 14.3 Å². The van der Waals surface area contributed by atoms with E-state index in [4.69, 9.17) is 4.74 Å².